The third kappa shape index (κ3) is 6.26. The number of carbonyl (C=O) groups excluding carboxylic acids is 4. The van der Waals surface area contributed by atoms with Crippen molar-refractivity contribution in [2.75, 3.05) is 0 Å². The maximum Gasteiger partial charge on any atom is 0.249 e. The van der Waals surface area contributed by atoms with Gasteiger partial charge in [0.25, 0.3) is 0 Å². The van der Waals surface area contributed by atoms with Crippen LogP contribution in [0.25, 0.3) is 0 Å². The molecule has 0 heterocycles. The van der Waals surface area contributed by atoms with Crippen molar-refractivity contribution in [3.8, 4) is 0 Å². The van der Waals surface area contributed by atoms with E-state index >= 15 is 0 Å². The van der Waals surface area contributed by atoms with Gasteiger partial charge < -0.3 is 5.73 Å². The van der Waals surface area contributed by atoms with Gasteiger partial charge >= 0.3 is 0 Å². The maximum atomic E-state index is 11.6. The molecule has 0 saturated carbocycles. The summed E-state index contributed by atoms with van der Waals surface area (Å²) < 4.78 is -0.370. The molecule has 1 aromatic rings. The molecule has 21 heavy (non-hydrogen) atoms. The van der Waals surface area contributed by atoms with Gasteiger partial charge in [-0.05, 0) is 90.5 Å². The molecule has 0 unspecified atom stereocenters. The highest BCUT2D eigenvalue weighted by Gasteiger charge is 2.18. The molecule has 112 valence electrons. The first kappa shape index (κ1) is 18.9. The minimum Gasteiger partial charge on any atom is -0.366 e. The zero-order chi connectivity index (χ0) is 16.2. The SMILES string of the molecule is NC(=O)c1cc(CC(=O)I)cc(CC(=O)I)c1CC(=O)I. The Morgan fingerprint density at radius 1 is 0.857 bits per heavy atom. The molecular weight excluding hydrogens is 615 g/mol. The summed E-state index contributed by atoms with van der Waals surface area (Å²) in [6, 6.07) is 3.21. The quantitative estimate of drug-likeness (QED) is 0.372. The van der Waals surface area contributed by atoms with Crippen molar-refractivity contribution in [2.24, 2.45) is 5.73 Å². The van der Waals surface area contributed by atoms with Gasteiger partial charge in [-0.25, -0.2) is 0 Å². The normalized spacial score (nSPS) is 10.2. The van der Waals surface area contributed by atoms with Crippen molar-refractivity contribution in [1.29, 1.82) is 0 Å². The zero-order valence-electron chi connectivity index (χ0n) is 10.6. The van der Waals surface area contributed by atoms with Crippen LogP contribution in [-0.2, 0) is 33.6 Å². The minimum absolute atomic E-state index is 0.0244. The Balaban J connectivity index is 3.48. The van der Waals surface area contributed by atoms with Crippen LogP contribution < -0.4 is 5.73 Å². The molecule has 0 radical (unpaired) electrons. The summed E-state index contributed by atoms with van der Waals surface area (Å²) in [6.45, 7) is 0. The third-order valence-electron chi connectivity index (χ3n) is 2.66. The number of nitrogens with two attached hydrogens (primary N) is 1. The molecule has 1 rings (SSSR count). The second kappa shape index (κ2) is 8.50. The molecule has 1 aromatic carbocycles. The van der Waals surface area contributed by atoms with Gasteiger partial charge in [-0.1, -0.05) is 6.07 Å². The highest BCUT2D eigenvalue weighted by molar-refractivity contribution is 14.1. The predicted molar refractivity (Wildman–Crippen MR) is 103 cm³/mol. The van der Waals surface area contributed by atoms with E-state index in [1.165, 1.54) is 6.07 Å². The van der Waals surface area contributed by atoms with E-state index in [1.54, 1.807) is 73.8 Å². The molecule has 0 aliphatic carbocycles. The van der Waals surface area contributed by atoms with Gasteiger partial charge in [0.1, 0.15) is 0 Å². The molecule has 1 amide bonds. The van der Waals surface area contributed by atoms with Gasteiger partial charge in [0.15, 0.2) is 11.4 Å². The second-order valence-electron chi connectivity index (χ2n) is 4.24. The molecule has 0 atom stereocenters. The van der Waals surface area contributed by atoms with Gasteiger partial charge in [-0.2, -0.15) is 0 Å². The summed E-state index contributed by atoms with van der Waals surface area (Å²) in [4.78, 5) is 45.6. The monoisotopic (exact) mass is 625 g/mol. The minimum atomic E-state index is -0.674. The summed E-state index contributed by atoms with van der Waals surface area (Å²) in [7, 11) is 0. The Morgan fingerprint density at radius 2 is 1.38 bits per heavy atom. The molecule has 0 spiro atoms. The van der Waals surface area contributed by atoms with Crippen LogP contribution in [0.2, 0.25) is 0 Å². The smallest absolute Gasteiger partial charge is 0.249 e. The molecule has 2 N–H and O–H groups in total. The lowest BCUT2D eigenvalue weighted by molar-refractivity contribution is -0.110. The van der Waals surface area contributed by atoms with E-state index in [0.717, 1.165) is 0 Å². The van der Waals surface area contributed by atoms with Crippen LogP contribution in [0.4, 0.5) is 0 Å². The fourth-order valence-corrected chi connectivity index (χ4v) is 3.17. The Kier molecular flexibility index (Phi) is 7.67. The maximum absolute atomic E-state index is 11.6. The number of hydrogen-bond acceptors (Lipinski definition) is 4. The van der Waals surface area contributed by atoms with Gasteiger partial charge in [-0.3, -0.25) is 19.2 Å². The lowest BCUT2D eigenvalue weighted by Gasteiger charge is -2.13. The Labute approximate surface area is 162 Å². The van der Waals surface area contributed by atoms with E-state index in [4.69, 9.17) is 5.73 Å². The van der Waals surface area contributed by atoms with Crippen LogP contribution in [0.15, 0.2) is 12.1 Å². The van der Waals surface area contributed by atoms with Crippen LogP contribution in [0.1, 0.15) is 27.0 Å². The van der Waals surface area contributed by atoms with Crippen LogP contribution in [-0.4, -0.2) is 17.3 Å². The number of carbonyl (C=O) groups is 4. The number of halogens is 3. The first-order valence-corrected chi connectivity index (χ1v) is 8.93. The van der Waals surface area contributed by atoms with Crippen molar-refractivity contribution < 1.29 is 19.2 Å². The number of rotatable bonds is 7. The van der Waals surface area contributed by atoms with Gasteiger partial charge in [0.05, 0.1) is 0 Å². The summed E-state index contributed by atoms with van der Waals surface area (Å²) in [5.41, 5.74) is 7.21. The van der Waals surface area contributed by atoms with Gasteiger partial charge in [0, 0.05) is 24.8 Å². The van der Waals surface area contributed by atoms with E-state index in [9.17, 15) is 19.2 Å². The second-order valence-corrected chi connectivity index (χ2v) is 7.85. The topological polar surface area (TPSA) is 94.3 Å². The largest absolute Gasteiger partial charge is 0.366 e. The van der Waals surface area contributed by atoms with Gasteiger partial charge in [0.2, 0.25) is 5.91 Å². The van der Waals surface area contributed by atoms with E-state index in [0.29, 0.717) is 16.7 Å². The summed E-state index contributed by atoms with van der Waals surface area (Å²) in [5, 5.41) is 0. The fourth-order valence-electron chi connectivity index (χ4n) is 1.94. The average molecular weight is 625 g/mol. The van der Waals surface area contributed by atoms with Crippen LogP contribution >= 0.6 is 67.8 Å². The number of hydrogen-bond donors (Lipinski definition) is 1. The highest BCUT2D eigenvalue weighted by atomic mass is 127. The van der Waals surface area contributed by atoms with Crippen molar-refractivity contribution in [2.45, 2.75) is 19.3 Å². The molecule has 0 aromatic heterocycles. The average Bonchev–Trinajstić information content (AvgIpc) is 2.29. The molecule has 0 saturated heterocycles. The summed E-state index contributed by atoms with van der Waals surface area (Å²) in [6.07, 6.45) is 0.252. The number of primary amides is 1. The number of benzene rings is 1. The molecule has 0 aliphatic rings. The molecule has 0 aliphatic heterocycles. The molecular formula is C13H10I3NO4. The fraction of sp³-hybridized carbons (Fsp3) is 0.231. The predicted octanol–water partition coefficient (Wildman–Crippen LogP) is 2.30. The first-order valence-electron chi connectivity index (χ1n) is 5.70. The van der Waals surface area contributed by atoms with Crippen molar-refractivity contribution in [1.82, 2.24) is 0 Å². The van der Waals surface area contributed by atoms with E-state index < -0.39 is 5.91 Å². The van der Waals surface area contributed by atoms with E-state index in [2.05, 4.69) is 0 Å². The van der Waals surface area contributed by atoms with Gasteiger partial charge in [-0.15, -0.1) is 0 Å². The summed E-state index contributed by atoms with van der Waals surface area (Å²) >= 11 is 4.95. The zero-order valence-corrected chi connectivity index (χ0v) is 17.1. The van der Waals surface area contributed by atoms with Crippen LogP contribution in [0.3, 0.4) is 0 Å². The molecule has 0 fully saturated rings. The third-order valence-corrected chi connectivity index (χ3v) is 3.80. The van der Waals surface area contributed by atoms with Crippen molar-refractivity contribution in [3.63, 3.8) is 0 Å². The Hall–Kier alpha value is -0.110. The van der Waals surface area contributed by atoms with Crippen LogP contribution in [0.5, 0.6) is 0 Å². The lowest BCUT2D eigenvalue weighted by atomic mass is 9.93. The highest BCUT2D eigenvalue weighted by Crippen LogP contribution is 2.22. The van der Waals surface area contributed by atoms with Crippen molar-refractivity contribution in [3.05, 3.63) is 34.4 Å². The number of amides is 1. The Morgan fingerprint density at radius 3 is 1.81 bits per heavy atom. The van der Waals surface area contributed by atoms with Crippen molar-refractivity contribution >= 4 is 85.0 Å². The first-order chi connectivity index (χ1) is 9.70. The summed E-state index contributed by atoms with van der Waals surface area (Å²) in [5.74, 6) is -0.674. The van der Waals surface area contributed by atoms with E-state index in [-0.39, 0.29) is 36.2 Å². The lowest BCUT2D eigenvalue weighted by Crippen LogP contribution is -2.18. The molecule has 5 nitrogen and oxygen atoms in total. The Bertz CT molecular complexity index is 628. The standard InChI is InChI=1S/C13H10I3NO4/c14-10(18)3-6-1-7(4-11(15)19)8(5-12(16)20)9(2-6)13(17)21/h1-2H,3-5H2,(H2,17,21). The molecule has 0 bridgehead atoms. The molecule has 8 heteroatoms. The van der Waals surface area contributed by atoms with Crippen LogP contribution in [0, 0.1) is 0 Å². The van der Waals surface area contributed by atoms with E-state index in [1.807, 2.05) is 0 Å².